The number of aromatic nitrogens is 5. The van der Waals surface area contributed by atoms with Crippen molar-refractivity contribution in [2.24, 2.45) is 0 Å². The number of hydrogen-bond acceptors (Lipinski definition) is 7. The van der Waals surface area contributed by atoms with E-state index in [1.807, 2.05) is 26.0 Å². The van der Waals surface area contributed by atoms with E-state index in [1.165, 1.54) is 13.1 Å². The molecule has 0 aliphatic carbocycles. The molecular weight excluding hydrogens is 525 g/mol. The van der Waals surface area contributed by atoms with Crippen LogP contribution in [0.2, 0.25) is 0 Å². The first-order chi connectivity index (χ1) is 19.8. The molecule has 208 valence electrons. The van der Waals surface area contributed by atoms with Gasteiger partial charge in [0, 0.05) is 26.2 Å². The van der Waals surface area contributed by atoms with Gasteiger partial charge in [0.05, 0.1) is 23.0 Å². The number of carbonyl (C=O) groups excluding carboxylic acids is 1. The number of hydrogen-bond donors (Lipinski definition) is 2. The number of anilines is 1. The van der Waals surface area contributed by atoms with Crippen molar-refractivity contribution in [1.82, 2.24) is 24.3 Å². The molecule has 0 saturated heterocycles. The van der Waals surface area contributed by atoms with Crippen LogP contribution in [0.25, 0.3) is 11.2 Å². The van der Waals surface area contributed by atoms with Crippen LogP contribution >= 0.6 is 0 Å². The highest BCUT2D eigenvalue weighted by Gasteiger charge is 2.39. The maximum Gasteiger partial charge on any atom is 0.258 e. The lowest BCUT2D eigenvalue weighted by atomic mass is 9.85. The molecule has 0 radical (unpaired) electrons. The summed E-state index contributed by atoms with van der Waals surface area (Å²) in [5.41, 5.74) is 0.347. The average Bonchev–Trinajstić information content (AvgIpc) is 3.60. The van der Waals surface area contributed by atoms with Gasteiger partial charge < -0.3 is 19.7 Å². The predicted molar refractivity (Wildman–Crippen MR) is 150 cm³/mol. The van der Waals surface area contributed by atoms with Crippen molar-refractivity contribution in [3.05, 3.63) is 101 Å². The van der Waals surface area contributed by atoms with Crippen LogP contribution in [0.5, 0.6) is 5.75 Å². The van der Waals surface area contributed by atoms with Gasteiger partial charge in [0.15, 0.2) is 22.8 Å². The maximum atomic E-state index is 13.4. The van der Waals surface area contributed by atoms with E-state index in [-0.39, 0.29) is 22.7 Å². The Morgan fingerprint density at radius 1 is 1.12 bits per heavy atom. The van der Waals surface area contributed by atoms with Crippen molar-refractivity contribution in [2.45, 2.75) is 45.8 Å². The van der Waals surface area contributed by atoms with Crippen molar-refractivity contribution in [2.75, 3.05) is 5.32 Å². The minimum Gasteiger partial charge on any atom is -0.461 e. The summed E-state index contributed by atoms with van der Waals surface area (Å²) < 4.78 is 22.0. The number of nitrogens with zero attached hydrogens (tertiary/aromatic N) is 6. The predicted octanol–water partition coefficient (Wildman–Crippen LogP) is 4.77. The van der Waals surface area contributed by atoms with Crippen LogP contribution in [-0.4, -0.2) is 41.7 Å². The normalized spacial score (nSPS) is 13.4. The molecule has 41 heavy (non-hydrogen) atoms. The summed E-state index contributed by atoms with van der Waals surface area (Å²) in [7, 11) is 0. The number of nitrogens with one attached hydrogen (secondary N) is 1. The number of rotatable bonds is 9. The van der Waals surface area contributed by atoms with Gasteiger partial charge >= 0.3 is 0 Å². The van der Waals surface area contributed by atoms with Crippen LogP contribution in [0.1, 0.15) is 53.8 Å². The number of fused-ring (bicyclic) bond motifs is 1. The molecule has 0 bridgehead atoms. The minimum atomic E-state index is -1.76. The second-order valence-corrected chi connectivity index (χ2v) is 9.32. The number of imidazole rings is 1. The van der Waals surface area contributed by atoms with E-state index in [0.717, 1.165) is 0 Å². The molecule has 2 N–H and O–H groups in total. The quantitative estimate of drug-likeness (QED) is 0.269. The third kappa shape index (κ3) is 5.13. The first-order valence-corrected chi connectivity index (χ1v) is 13.1. The number of alkyl halides is 1. The largest absolute Gasteiger partial charge is 0.461 e. The molecule has 2 unspecified atom stereocenters. The van der Waals surface area contributed by atoms with Crippen LogP contribution in [0.3, 0.4) is 0 Å². The Kier molecular flexibility index (Phi) is 7.50. The lowest BCUT2D eigenvalue weighted by Gasteiger charge is -2.29. The van der Waals surface area contributed by atoms with Crippen molar-refractivity contribution in [3.8, 4) is 11.8 Å². The highest BCUT2D eigenvalue weighted by molar-refractivity contribution is 6.07. The zero-order valence-corrected chi connectivity index (χ0v) is 22.7. The number of pyridine rings is 1. The highest BCUT2D eigenvalue weighted by atomic mass is 19.1. The topological polar surface area (TPSA) is 131 Å². The van der Waals surface area contributed by atoms with E-state index >= 15 is 0 Å². The van der Waals surface area contributed by atoms with Gasteiger partial charge in [-0.25, -0.2) is 14.4 Å². The lowest BCUT2D eigenvalue weighted by molar-refractivity contribution is 0.0856. The first kappa shape index (κ1) is 27.5. The molecule has 11 heteroatoms. The maximum absolute atomic E-state index is 13.4. The molecule has 2 aromatic carbocycles. The number of benzene rings is 2. The fraction of sp³-hybridized carbons (Fsp3) is 0.233. The standard InChI is InChI=1S/C30H28FN7O3/c1-4-37-18-22(17-33-37)34-28(39)24-15-26-27(35-25(24)16-32)36-29(38(26)5-2)30(40,20-9-7-6-8-10-20)21-11-13-23(14-12-21)41-19(3)31/h6-15,17-19,40H,4-5H2,1-3H3,(H,34,39). The summed E-state index contributed by atoms with van der Waals surface area (Å²) in [6, 6.07) is 19.0. The van der Waals surface area contributed by atoms with E-state index < -0.39 is 17.9 Å². The zero-order chi connectivity index (χ0) is 29.1. The molecule has 5 rings (SSSR count). The SMILES string of the molecule is CCn1cc(NC(=O)c2cc3c(nc2C#N)nc(C(O)(c2ccccc2)c2ccc(OC(C)F)cc2)n3CC)cn1. The van der Waals surface area contributed by atoms with Crippen molar-refractivity contribution >= 4 is 22.8 Å². The van der Waals surface area contributed by atoms with Gasteiger partial charge in [-0.1, -0.05) is 42.5 Å². The zero-order valence-electron chi connectivity index (χ0n) is 22.7. The third-order valence-electron chi connectivity index (χ3n) is 6.71. The number of ether oxygens (including phenoxy) is 1. The summed E-state index contributed by atoms with van der Waals surface area (Å²) in [6.45, 7) is 6.11. The van der Waals surface area contributed by atoms with Crippen LogP contribution in [0.4, 0.5) is 10.1 Å². The van der Waals surface area contributed by atoms with Crippen molar-refractivity contribution < 1.29 is 19.0 Å². The van der Waals surface area contributed by atoms with Gasteiger partial charge in [-0.05, 0) is 43.2 Å². The number of halogens is 1. The number of amides is 1. The smallest absolute Gasteiger partial charge is 0.258 e. The van der Waals surface area contributed by atoms with Crippen LogP contribution in [0.15, 0.2) is 73.1 Å². The van der Waals surface area contributed by atoms with Gasteiger partial charge in [-0.2, -0.15) is 10.4 Å². The van der Waals surface area contributed by atoms with Crippen LogP contribution in [0, 0.1) is 11.3 Å². The Balaban J connectivity index is 1.66. The van der Waals surface area contributed by atoms with Gasteiger partial charge in [-0.15, -0.1) is 0 Å². The lowest BCUT2D eigenvalue weighted by Crippen LogP contribution is -2.32. The molecule has 0 aliphatic rings. The Hall–Kier alpha value is -5.08. The van der Waals surface area contributed by atoms with E-state index in [4.69, 9.17) is 9.72 Å². The number of aryl methyl sites for hydroxylation is 2. The Morgan fingerprint density at radius 2 is 1.83 bits per heavy atom. The van der Waals surface area contributed by atoms with E-state index in [0.29, 0.717) is 41.2 Å². The second-order valence-electron chi connectivity index (χ2n) is 9.32. The third-order valence-corrected chi connectivity index (χ3v) is 6.71. The molecule has 5 aromatic rings. The summed E-state index contributed by atoms with van der Waals surface area (Å²) in [4.78, 5) is 22.3. The van der Waals surface area contributed by atoms with Gasteiger partial charge in [-0.3, -0.25) is 9.48 Å². The minimum absolute atomic E-state index is 0.0653. The number of aliphatic hydroxyl groups is 1. The second kappa shape index (κ2) is 11.2. The monoisotopic (exact) mass is 553 g/mol. The first-order valence-electron chi connectivity index (χ1n) is 13.1. The van der Waals surface area contributed by atoms with E-state index in [2.05, 4.69) is 15.4 Å². The number of carbonyl (C=O) groups is 1. The molecule has 2 atom stereocenters. The van der Waals surface area contributed by atoms with Gasteiger partial charge in [0.1, 0.15) is 11.8 Å². The Bertz CT molecular complexity index is 1740. The van der Waals surface area contributed by atoms with Crippen LogP contribution < -0.4 is 10.1 Å². The Morgan fingerprint density at radius 3 is 2.44 bits per heavy atom. The molecule has 10 nitrogen and oxygen atoms in total. The molecule has 1 amide bonds. The van der Waals surface area contributed by atoms with Crippen molar-refractivity contribution in [3.63, 3.8) is 0 Å². The fourth-order valence-electron chi connectivity index (χ4n) is 4.77. The number of nitriles is 1. The average molecular weight is 554 g/mol. The molecular formula is C30H28FN7O3. The summed E-state index contributed by atoms with van der Waals surface area (Å²) in [5.74, 6) is 0.0310. The fourth-order valence-corrected chi connectivity index (χ4v) is 4.77. The molecule has 3 aromatic heterocycles. The van der Waals surface area contributed by atoms with Crippen molar-refractivity contribution in [1.29, 1.82) is 5.26 Å². The molecule has 3 heterocycles. The summed E-state index contributed by atoms with van der Waals surface area (Å²) in [5, 5.41) is 29.2. The Labute approximate surface area is 235 Å². The molecule has 0 fully saturated rings. The molecule has 0 saturated carbocycles. The molecule has 0 spiro atoms. The van der Waals surface area contributed by atoms with Gasteiger partial charge in [0.2, 0.25) is 6.36 Å². The molecule has 0 aliphatic heterocycles. The highest BCUT2D eigenvalue weighted by Crippen LogP contribution is 2.38. The summed E-state index contributed by atoms with van der Waals surface area (Å²) >= 11 is 0. The van der Waals surface area contributed by atoms with Crippen LogP contribution in [-0.2, 0) is 18.7 Å². The summed E-state index contributed by atoms with van der Waals surface area (Å²) in [6.07, 6.45) is 1.72. The van der Waals surface area contributed by atoms with Gasteiger partial charge in [0.25, 0.3) is 5.91 Å². The van der Waals surface area contributed by atoms with E-state index in [1.54, 1.807) is 70.0 Å². The van der Waals surface area contributed by atoms with E-state index in [9.17, 15) is 19.6 Å².